The Balaban J connectivity index is 1.89. The molecule has 3 heteroatoms. The van der Waals surface area contributed by atoms with Crippen molar-refractivity contribution in [1.82, 2.24) is 4.90 Å². The second-order valence-electron chi connectivity index (χ2n) is 4.98. The first-order valence-corrected chi connectivity index (χ1v) is 6.84. The number of unbranched alkanes of at least 4 members (excludes halogenated alkanes) is 1. The van der Waals surface area contributed by atoms with Crippen LogP contribution < -0.4 is 5.73 Å². The number of nitrogens with zero attached hydrogens (tertiary/aromatic N) is 1. The van der Waals surface area contributed by atoms with Crippen molar-refractivity contribution < 1.29 is 4.79 Å². The van der Waals surface area contributed by atoms with Gasteiger partial charge in [-0.1, -0.05) is 30.3 Å². The maximum atomic E-state index is 12.2. The minimum absolute atomic E-state index is 0.287. The first-order chi connectivity index (χ1) is 8.81. The molecule has 0 aromatic heterocycles. The number of benzene rings is 1. The summed E-state index contributed by atoms with van der Waals surface area (Å²) >= 11 is 0. The van der Waals surface area contributed by atoms with Crippen LogP contribution >= 0.6 is 0 Å². The van der Waals surface area contributed by atoms with Crippen LogP contribution in [0.1, 0.15) is 37.7 Å². The average Bonchev–Trinajstić information content (AvgIpc) is 3.21. The fourth-order valence-corrected chi connectivity index (χ4v) is 2.15. The molecule has 0 heterocycles. The van der Waals surface area contributed by atoms with Gasteiger partial charge in [-0.15, -0.1) is 0 Å². The summed E-state index contributed by atoms with van der Waals surface area (Å²) in [6, 6.07) is 10.7. The van der Waals surface area contributed by atoms with Gasteiger partial charge >= 0.3 is 0 Å². The van der Waals surface area contributed by atoms with Gasteiger partial charge in [-0.25, -0.2) is 0 Å². The predicted molar refractivity (Wildman–Crippen MR) is 72.9 cm³/mol. The Morgan fingerprint density at radius 2 is 1.94 bits per heavy atom. The number of nitrogens with two attached hydrogens (primary N) is 1. The van der Waals surface area contributed by atoms with Crippen LogP contribution in [0.4, 0.5) is 0 Å². The Morgan fingerprint density at radius 1 is 1.22 bits per heavy atom. The van der Waals surface area contributed by atoms with Crippen LogP contribution in [0, 0.1) is 0 Å². The summed E-state index contributed by atoms with van der Waals surface area (Å²) in [7, 11) is 0. The number of carbonyl (C=O) groups is 1. The topological polar surface area (TPSA) is 46.3 Å². The van der Waals surface area contributed by atoms with Gasteiger partial charge in [-0.2, -0.15) is 0 Å². The van der Waals surface area contributed by atoms with E-state index in [-0.39, 0.29) is 5.91 Å². The molecule has 2 N–H and O–H groups in total. The molecule has 0 aliphatic heterocycles. The average molecular weight is 246 g/mol. The lowest BCUT2D eigenvalue weighted by atomic mass is 10.1. The summed E-state index contributed by atoms with van der Waals surface area (Å²) in [6.07, 6.45) is 4.81. The van der Waals surface area contributed by atoms with E-state index in [1.807, 2.05) is 23.1 Å². The second-order valence-corrected chi connectivity index (χ2v) is 4.98. The predicted octanol–water partition coefficient (Wildman–Crippen LogP) is 2.31. The van der Waals surface area contributed by atoms with E-state index in [1.165, 1.54) is 5.56 Å². The van der Waals surface area contributed by atoms with Crippen molar-refractivity contribution in [3.63, 3.8) is 0 Å². The largest absolute Gasteiger partial charge is 0.335 e. The van der Waals surface area contributed by atoms with E-state index in [9.17, 15) is 4.79 Å². The first kappa shape index (κ1) is 13.1. The van der Waals surface area contributed by atoms with Crippen LogP contribution in [0.5, 0.6) is 0 Å². The van der Waals surface area contributed by atoms with Crippen molar-refractivity contribution in [3.05, 3.63) is 35.9 Å². The molecular formula is C15H22N2O. The van der Waals surface area contributed by atoms with Gasteiger partial charge in [0, 0.05) is 19.0 Å². The Hall–Kier alpha value is -1.35. The Bertz CT molecular complexity index is 373. The standard InChI is InChI=1S/C15H22N2O/c16-11-5-4-8-15(18)17(14-9-10-14)12-13-6-2-1-3-7-13/h1-3,6-7,14H,4-5,8-12,16H2. The summed E-state index contributed by atoms with van der Waals surface area (Å²) in [5.74, 6) is 0.287. The van der Waals surface area contributed by atoms with E-state index >= 15 is 0 Å². The molecule has 1 amide bonds. The molecule has 3 nitrogen and oxygen atoms in total. The molecule has 0 atom stereocenters. The third-order valence-electron chi connectivity index (χ3n) is 3.35. The molecule has 1 aromatic carbocycles. The molecule has 1 aromatic rings. The lowest BCUT2D eigenvalue weighted by Gasteiger charge is -2.22. The van der Waals surface area contributed by atoms with Crippen LogP contribution in [-0.2, 0) is 11.3 Å². The van der Waals surface area contributed by atoms with E-state index in [4.69, 9.17) is 5.73 Å². The molecule has 98 valence electrons. The Labute approximate surface area is 109 Å². The number of carbonyl (C=O) groups excluding carboxylic acids is 1. The van der Waals surface area contributed by atoms with E-state index in [1.54, 1.807) is 0 Å². The monoisotopic (exact) mass is 246 g/mol. The van der Waals surface area contributed by atoms with Crippen molar-refractivity contribution in [1.29, 1.82) is 0 Å². The second kappa shape index (κ2) is 6.55. The van der Waals surface area contributed by atoms with Gasteiger partial charge < -0.3 is 10.6 Å². The molecule has 0 radical (unpaired) electrons. The maximum absolute atomic E-state index is 12.2. The fraction of sp³-hybridized carbons (Fsp3) is 0.533. The number of rotatable bonds is 7. The SMILES string of the molecule is NCCCCC(=O)N(Cc1ccccc1)C1CC1. The molecule has 18 heavy (non-hydrogen) atoms. The van der Waals surface area contributed by atoms with Crippen molar-refractivity contribution in [2.45, 2.75) is 44.7 Å². The number of hydrogen-bond acceptors (Lipinski definition) is 2. The fourth-order valence-electron chi connectivity index (χ4n) is 2.15. The zero-order chi connectivity index (χ0) is 12.8. The Kier molecular flexibility index (Phi) is 4.76. The van der Waals surface area contributed by atoms with E-state index in [0.717, 1.165) is 32.2 Å². The summed E-state index contributed by atoms with van der Waals surface area (Å²) < 4.78 is 0. The highest BCUT2D eigenvalue weighted by atomic mass is 16.2. The molecular weight excluding hydrogens is 224 g/mol. The molecule has 0 saturated heterocycles. The van der Waals surface area contributed by atoms with Gasteiger partial charge in [-0.05, 0) is 37.8 Å². The summed E-state index contributed by atoms with van der Waals surface area (Å²) in [5, 5.41) is 0. The zero-order valence-corrected chi connectivity index (χ0v) is 10.8. The van der Waals surface area contributed by atoms with Gasteiger partial charge in [0.1, 0.15) is 0 Å². The van der Waals surface area contributed by atoms with Gasteiger partial charge in [0.25, 0.3) is 0 Å². The third-order valence-corrected chi connectivity index (χ3v) is 3.35. The molecule has 0 bridgehead atoms. The van der Waals surface area contributed by atoms with Gasteiger partial charge in [0.15, 0.2) is 0 Å². The number of amides is 1. The third kappa shape index (κ3) is 3.84. The van der Waals surface area contributed by atoms with Crippen LogP contribution in [0.3, 0.4) is 0 Å². The quantitative estimate of drug-likeness (QED) is 0.750. The van der Waals surface area contributed by atoms with E-state index < -0.39 is 0 Å². The van der Waals surface area contributed by atoms with E-state index in [2.05, 4.69) is 12.1 Å². The molecule has 1 saturated carbocycles. The van der Waals surface area contributed by atoms with Crippen molar-refractivity contribution in [3.8, 4) is 0 Å². The van der Waals surface area contributed by atoms with Gasteiger partial charge in [0.05, 0.1) is 0 Å². The minimum Gasteiger partial charge on any atom is -0.335 e. The normalized spacial score (nSPS) is 14.5. The zero-order valence-electron chi connectivity index (χ0n) is 10.8. The summed E-state index contributed by atoms with van der Waals surface area (Å²) in [5.41, 5.74) is 6.68. The lowest BCUT2D eigenvalue weighted by molar-refractivity contribution is -0.132. The molecule has 2 rings (SSSR count). The highest BCUT2D eigenvalue weighted by molar-refractivity contribution is 5.76. The lowest BCUT2D eigenvalue weighted by Crippen LogP contribution is -2.32. The summed E-state index contributed by atoms with van der Waals surface area (Å²) in [4.78, 5) is 14.2. The molecule has 0 unspecified atom stereocenters. The maximum Gasteiger partial charge on any atom is 0.223 e. The molecule has 1 aliphatic carbocycles. The van der Waals surface area contributed by atoms with Crippen molar-refractivity contribution in [2.24, 2.45) is 5.73 Å². The van der Waals surface area contributed by atoms with Crippen LogP contribution in [-0.4, -0.2) is 23.4 Å². The van der Waals surface area contributed by atoms with E-state index in [0.29, 0.717) is 19.0 Å². The van der Waals surface area contributed by atoms with Crippen LogP contribution in [0.15, 0.2) is 30.3 Å². The van der Waals surface area contributed by atoms with Gasteiger partial charge in [-0.3, -0.25) is 4.79 Å². The first-order valence-electron chi connectivity index (χ1n) is 6.84. The minimum atomic E-state index is 0.287. The molecule has 1 fully saturated rings. The van der Waals surface area contributed by atoms with Crippen molar-refractivity contribution >= 4 is 5.91 Å². The molecule has 0 spiro atoms. The highest BCUT2D eigenvalue weighted by Gasteiger charge is 2.31. The highest BCUT2D eigenvalue weighted by Crippen LogP contribution is 2.29. The molecule has 1 aliphatic rings. The van der Waals surface area contributed by atoms with Crippen LogP contribution in [0.2, 0.25) is 0 Å². The van der Waals surface area contributed by atoms with Crippen LogP contribution in [0.25, 0.3) is 0 Å². The smallest absolute Gasteiger partial charge is 0.223 e. The summed E-state index contributed by atoms with van der Waals surface area (Å²) in [6.45, 7) is 1.43. The van der Waals surface area contributed by atoms with Gasteiger partial charge in [0.2, 0.25) is 5.91 Å². The Morgan fingerprint density at radius 3 is 2.56 bits per heavy atom. The van der Waals surface area contributed by atoms with Crippen molar-refractivity contribution in [2.75, 3.05) is 6.54 Å². The number of hydrogen-bond donors (Lipinski definition) is 1.